The van der Waals surface area contributed by atoms with Gasteiger partial charge in [0, 0.05) is 18.8 Å². The number of rotatable bonds is 4. The standard InChI is InChI=1S/C13H20N2O4S/c1-2-19-12-6-5-10(14)8-13(12)20(17,18)15-7-3-4-11(16)9-15/h5-6,8,11,16H,2-4,7,9,14H2,1H3. The number of benzene rings is 1. The van der Waals surface area contributed by atoms with Crippen molar-refractivity contribution in [3.8, 4) is 5.75 Å². The lowest BCUT2D eigenvalue weighted by molar-refractivity contribution is 0.108. The van der Waals surface area contributed by atoms with E-state index in [1.54, 1.807) is 19.1 Å². The molecule has 0 amide bonds. The van der Waals surface area contributed by atoms with Crippen LogP contribution in [0.25, 0.3) is 0 Å². The molecule has 0 saturated carbocycles. The van der Waals surface area contributed by atoms with Crippen molar-refractivity contribution < 1.29 is 18.3 Å². The summed E-state index contributed by atoms with van der Waals surface area (Å²) in [4.78, 5) is 0.0634. The van der Waals surface area contributed by atoms with Gasteiger partial charge in [-0.15, -0.1) is 0 Å². The van der Waals surface area contributed by atoms with Crippen LogP contribution in [-0.4, -0.2) is 43.6 Å². The maximum absolute atomic E-state index is 12.7. The monoisotopic (exact) mass is 300 g/mol. The van der Waals surface area contributed by atoms with Crippen molar-refractivity contribution in [1.29, 1.82) is 0 Å². The fourth-order valence-electron chi connectivity index (χ4n) is 2.28. The lowest BCUT2D eigenvalue weighted by Crippen LogP contribution is -2.42. The van der Waals surface area contributed by atoms with Gasteiger partial charge < -0.3 is 15.6 Å². The van der Waals surface area contributed by atoms with Crippen LogP contribution in [0.3, 0.4) is 0 Å². The summed E-state index contributed by atoms with van der Waals surface area (Å²) in [6.45, 7) is 2.68. The number of nitrogens with two attached hydrogens (primary N) is 1. The molecule has 1 unspecified atom stereocenters. The van der Waals surface area contributed by atoms with Crippen LogP contribution in [0.2, 0.25) is 0 Å². The van der Waals surface area contributed by atoms with Crippen molar-refractivity contribution in [1.82, 2.24) is 4.31 Å². The summed E-state index contributed by atoms with van der Waals surface area (Å²) < 4.78 is 32.0. The number of hydrogen-bond acceptors (Lipinski definition) is 5. The number of ether oxygens (including phenoxy) is 1. The fourth-order valence-corrected chi connectivity index (χ4v) is 3.96. The third-order valence-electron chi connectivity index (χ3n) is 3.24. The van der Waals surface area contributed by atoms with Crippen LogP contribution in [0, 0.1) is 0 Å². The number of hydrogen-bond donors (Lipinski definition) is 2. The second kappa shape index (κ2) is 5.99. The van der Waals surface area contributed by atoms with Crippen molar-refractivity contribution in [3.05, 3.63) is 18.2 Å². The number of nitrogens with zero attached hydrogens (tertiary/aromatic N) is 1. The second-order valence-corrected chi connectivity index (χ2v) is 6.70. The Morgan fingerprint density at radius 1 is 1.50 bits per heavy atom. The number of sulfonamides is 1. The maximum atomic E-state index is 12.7. The number of β-amino-alcohol motifs (C(OH)–C–C–N with tert-alkyl or cyclic N) is 1. The van der Waals surface area contributed by atoms with E-state index in [1.807, 2.05) is 0 Å². The van der Waals surface area contributed by atoms with E-state index in [0.717, 1.165) is 0 Å². The Morgan fingerprint density at radius 3 is 2.90 bits per heavy atom. The summed E-state index contributed by atoms with van der Waals surface area (Å²) in [5.41, 5.74) is 6.05. The third kappa shape index (κ3) is 3.05. The van der Waals surface area contributed by atoms with Crippen molar-refractivity contribution in [2.24, 2.45) is 0 Å². The fraction of sp³-hybridized carbons (Fsp3) is 0.538. The predicted octanol–water partition coefficient (Wildman–Crippen LogP) is 0.813. The molecule has 1 saturated heterocycles. The zero-order valence-corrected chi connectivity index (χ0v) is 12.3. The number of aliphatic hydroxyl groups excluding tert-OH is 1. The quantitative estimate of drug-likeness (QED) is 0.803. The van der Waals surface area contributed by atoms with Gasteiger partial charge in [0.1, 0.15) is 10.6 Å². The molecule has 0 bridgehead atoms. The number of aliphatic hydroxyl groups is 1. The summed E-state index contributed by atoms with van der Waals surface area (Å²) in [6, 6.07) is 4.57. The highest BCUT2D eigenvalue weighted by molar-refractivity contribution is 7.89. The van der Waals surface area contributed by atoms with E-state index >= 15 is 0 Å². The minimum Gasteiger partial charge on any atom is -0.492 e. The minimum atomic E-state index is -3.70. The highest BCUT2D eigenvalue weighted by Crippen LogP contribution is 2.30. The zero-order valence-electron chi connectivity index (χ0n) is 11.4. The molecule has 1 aliphatic heterocycles. The van der Waals surface area contributed by atoms with Crippen LogP contribution in [-0.2, 0) is 10.0 Å². The molecular weight excluding hydrogens is 280 g/mol. The van der Waals surface area contributed by atoms with Gasteiger partial charge >= 0.3 is 0 Å². The first-order valence-electron chi connectivity index (χ1n) is 6.65. The molecule has 112 valence electrons. The molecule has 0 aliphatic carbocycles. The number of anilines is 1. The summed E-state index contributed by atoms with van der Waals surface area (Å²) in [5, 5.41) is 9.66. The zero-order chi connectivity index (χ0) is 14.8. The van der Waals surface area contributed by atoms with Crippen LogP contribution in [0.5, 0.6) is 5.75 Å². The molecule has 1 aromatic rings. The first kappa shape index (κ1) is 15.1. The highest BCUT2D eigenvalue weighted by Gasteiger charge is 2.31. The molecule has 7 heteroatoms. The van der Waals surface area contributed by atoms with E-state index in [4.69, 9.17) is 10.5 Å². The van der Waals surface area contributed by atoms with Gasteiger partial charge in [-0.25, -0.2) is 8.42 Å². The molecule has 3 N–H and O–H groups in total. The van der Waals surface area contributed by atoms with Crippen molar-refractivity contribution in [2.45, 2.75) is 30.8 Å². The number of nitrogen functional groups attached to an aromatic ring is 1. The Bertz CT molecular complexity index is 574. The molecule has 6 nitrogen and oxygen atoms in total. The largest absolute Gasteiger partial charge is 0.492 e. The molecule has 1 atom stereocenters. The van der Waals surface area contributed by atoms with Gasteiger partial charge in [0.2, 0.25) is 10.0 Å². The predicted molar refractivity (Wildman–Crippen MR) is 76.0 cm³/mol. The first-order chi connectivity index (χ1) is 9.45. The van der Waals surface area contributed by atoms with Crippen molar-refractivity contribution in [2.75, 3.05) is 25.4 Å². The maximum Gasteiger partial charge on any atom is 0.246 e. The number of piperidine rings is 1. The molecule has 1 heterocycles. The van der Waals surface area contributed by atoms with Gasteiger partial charge in [0.05, 0.1) is 12.7 Å². The second-order valence-electron chi connectivity index (χ2n) is 4.80. The Morgan fingerprint density at radius 2 is 2.25 bits per heavy atom. The van der Waals surface area contributed by atoms with Crippen molar-refractivity contribution >= 4 is 15.7 Å². The molecule has 2 rings (SSSR count). The van der Waals surface area contributed by atoms with Crippen LogP contribution in [0.4, 0.5) is 5.69 Å². The first-order valence-corrected chi connectivity index (χ1v) is 8.09. The summed E-state index contributed by atoms with van der Waals surface area (Å²) in [6.07, 6.45) is 0.656. The van der Waals surface area contributed by atoms with Crippen LogP contribution < -0.4 is 10.5 Å². The van der Waals surface area contributed by atoms with Crippen LogP contribution in [0.1, 0.15) is 19.8 Å². The van der Waals surface area contributed by atoms with Crippen molar-refractivity contribution in [3.63, 3.8) is 0 Å². The van der Waals surface area contributed by atoms with Crippen LogP contribution in [0.15, 0.2) is 23.1 Å². The Balaban J connectivity index is 2.40. The SMILES string of the molecule is CCOc1ccc(N)cc1S(=O)(=O)N1CCCC(O)C1. The van der Waals surface area contributed by atoms with Gasteiger partial charge in [0.25, 0.3) is 0 Å². The molecule has 1 aliphatic rings. The summed E-state index contributed by atoms with van der Waals surface area (Å²) in [7, 11) is -3.70. The van der Waals surface area contributed by atoms with Gasteiger partial charge in [-0.05, 0) is 38.0 Å². The van der Waals surface area contributed by atoms with Gasteiger partial charge in [-0.2, -0.15) is 4.31 Å². The van der Waals surface area contributed by atoms with E-state index < -0.39 is 16.1 Å². The lowest BCUT2D eigenvalue weighted by atomic mass is 10.1. The molecule has 1 fully saturated rings. The van der Waals surface area contributed by atoms with Crippen LogP contribution >= 0.6 is 0 Å². The Kier molecular flexibility index (Phi) is 4.52. The molecule has 1 aromatic carbocycles. The average Bonchev–Trinajstić information content (AvgIpc) is 2.41. The Hall–Kier alpha value is -1.31. The van der Waals surface area contributed by atoms with E-state index in [0.29, 0.717) is 37.4 Å². The summed E-state index contributed by atoms with van der Waals surface area (Å²) in [5.74, 6) is 0.293. The third-order valence-corrected chi connectivity index (χ3v) is 5.13. The average molecular weight is 300 g/mol. The smallest absolute Gasteiger partial charge is 0.246 e. The van der Waals surface area contributed by atoms with Gasteiger partial charge in [-0.1, -0.05) is 0 Å². The Labute approximate surface area is 119 Å². The summed E-state index contributed by atoms with van der Waals surface area (Å²) >= 11 is 0. The van der Waals surface area contributed by atoms with Gasteiger partial charge in [-0.3, -0.25) is 0 Å². The lowest BCUT2D eigenvalue weighted by Gasteiger charge is -2.29. The molecule has 20 heavy (non-hydrogen) atoms. The molecule has 0 aromatic heterocycles. The van der Waals surface area contributed by atoms with E-state index in [-0.39, 0.29) is 11.4 Å². The normalized spacial score (nSPS) is 20.8. The molecule has 0 spiro atoms. The topological polar surface area (TPSA) is 92.9 Å². The van der Waals surface area contributed by atoms with Gasteiger partial charge in [0.15, 0.2) is 0 Å². The minimum absolute atomic E-state index is 0.0634. The molecule has 0 radical (unpaired) electrons. The molecular formula is C13H20N2O4S. The highest BCUT2D eigenvalue weighted by atomic mass is 32.2. The van der Waals surface area contributed by atoms with E-state index in [2.05, 4.69) is 0 Å². The van der Waals surface area contributed by atoms with E-state index in [9.17, 15) is 13.5 Å². The van der Waals surface area contributed by atoms with E-state index in [1.165, 1.54) is 10.4 Å².